The third-order valence-corrected chi connectivity index (χ3v) is 7.59. The Labute approximate surface area is 207 Å². The molecular weight excluding hydrogens is 448 g/mol. The second-order valence-electron chi connectivity index (χ2n) is 9.06. The van der Waals surface area contributed by atoms with Crippen molar-refractivity contribution in [3.05, 3.63) is 57.5 Å². The maximum absolute atomic E-state index is 13.2. The largest absolute Gasteiger partial charge is 0.378 e. The number of amides is 1. The highest BCUT2D eigenvalue weighted by Gasteiger charge is 2.21. The minimum Gasteiger partial charge on any atom is -0.378 e. The second-order valence-corrected chi connectivity index (χ2v) is 10.4. The zero-order valence-corrected chi connectivity index (χ0v) is 21.7. The molecule has 0 saturated carbocycles. The number of ether oxygens (including phenoxy) is 1. The van der Waals surface area contributed by atoms with Gasteiger partial charge >= 0.3 is 0 Å². The molecule has 1 aliphatic heterocycles. The van der Waals surface area contributed by atoms with Crippen molar-refractivity contribution in [2.24, 2.45) is 7.05 Å². The maximum atomic E-state index is 13.2. The number of aromatic nitrogens is 2. The Balaban J connectivity index is 1.61. The number of rotatable bonds is 11. The minimum atomic E-state index is -0.359. The molecular formula is C26H38N4O3S. The van der Waals surface area contributed by atoms with E-state index in [1.807, 2.05) is 37.3 Å². The Bertz CT molecular complexity index is 996. The molecule has 3 rings (SSSR count). The molecule has 1 N–H and O–H groups in total. The van der Waals surface area contributed by atoms with E-state index in [1.54, 1.807) is 18.7 Å². The lowest BCUT2D eigenvalue weighted by atomic mass is 10.0. The Morgan fingerprint density at radius 2 is 2.06 bits per heavy atom. The number of carbonyl (C=O) groups is 1. The zero-order chi connectivity index (χ0) is 24.5. The number of hydrogen-bond donors (Lipinski definition) is 1. The van der Waals surface area contributed by atoms with Crippen LogP contribution in [-0.4, -0.2) is 58.4 Å². The first-order chi connectivity index (χ1) is 16.4. The number of methoxy groups -OCH3 is 1. The van der Waals surface area contributed by atoms with Crippen LogP contribution >= 0.6 is 11.8 Å². The molecule has 0 radical (unpaired) electrons. The van der Waals surface area contributed by atoms with E-state index in [2.05, 4.69) is 17.1 Å². The third kappa shape index (κ3) is 7.17. The van der Waals surface area contributed by atoms with Crippen LogP contribution in [0.4, 0.5) is 0 Å². The smallest absolute Gasteiger partial charge is 0.257 e. The first-order valence-corrected chi connectivity index (χ1v) is 13.1. The van der Waals surface area contributed by atoms with Gasteiger partial charge in [-0.15, -0.1) is 0 Å². The highest BCUT2D eigenvalue weighted by molar-refractivity contribution is 8.00. The Kier molecular flexibility index (Phi) is 10.2. The molecule has 7 nitrogen and oxygen atoms in total. The molecule has 1 saturated heterocycles. The Hall–Kier alpha value is -2.16. The molecule has 2 unspecified atom stereocenters. The summed E-state index contributed by atoms with van der Waals surface area (Å²) in [5, 5.41) is 3.22. The van der Waals surface area contributed by atoms with Crippen LogP contribution in [0.25, 0.3) is 0 Å². The summed E-state index contributed by atoms with van der Waals surface area (Å²) in [5.41, 5.74) is 2.20. The maximum Gasteiger partial charge on any atom is 0.257 e. The van der Waals surface area contributed by atoms with Crippen molar-refractivity contribution in [2.45, 2.75) is 69.0 Å². The first kappa shape index (κ1) is 26.4. The van der Waals surface area contributed by atoms with Crippen LogP contribution in [-0.2, 0) is 29.6 Å². The van der Waals surface area contributed by atoms with E-state index in [4.69, 9.17) is 9.72 Å². The van der Waals surface area contributed by atoms with E-state index in [0.29, 0.717) is 35.4 Å². The van der Waals surface area contributed by atoms with Gasteiger partial charge in [0, 0.05) is 45.3 Å². The molecule has 0 spiro atoms. The van der Waals surface area contributed by atoms with Crippen molar-refractivity contribution in [3.63, 3.8) is 0 Å². The van der Waals surface area contributed by atoms with Gasteiger partial charge in [-0.05, 0) is 45.2 Å². The summed E-state index contributed by atoms with van der Waals surface area (Å²) in [6, 6.07) is 10.5. The van der Waals surface area contributed by atoms with E-state index in [0.717, 1.165) is 25.1 Å². The summed E-state index contributed by atoms with van der Waals surface area (Å²) in [5.74, 6) is -0.0346. The number of thioether (sulfide) groups is 1. The third-order valence-electron chi connectivity index (χ3n) is 6.45. The van der Waals surface area contributed by atoms with Gasteiger partial charge in [0.05, 0.1) is 17.6 Å². The fourth-order valence-corrected chi connectivity index (χ4v) is 5.26. The van der Waals surface area contributed by atoms with Gasteiger partial charge in [-0.3, -0.25) is 14.2 Å². The minimum absolute atomic E-state index is 0.0346. The van der Waals surface area contributed by atoms with Crippen LogP contribution in [0, 0.1) is 0 Å². The molecule has 2 aromatic rings. The van der Waals surface area contributed by atoms with Gasteiger partial charge in [0.2, 0.25) is 5.91 Å². The molecule has 34 heavy (non-hydrogen) atoms. The van der Waals surface area contributed by atoms with Crippen molar-refractivity contribution in [1.82, 2.24) is 19.8 Å². The molecule has 1 aromatic heterocycles. The summed E-state index contributed by atoms with van der Waals surface area (Å²) in [7, 11) is 3.31. The summed E-state index contributed by atoms with van der Waals surface area (Å²) in [6.45, 7) is 7.22. The van der Waals surface area contributed by atoms with E-state index in [-0.39, 0.29) is 23.3 Å². The quantitative estimate of drug-likeness (QED) is 0.298. The van der Waals surface area contributed by atoms with Crippen molar-refractivity contribution in [1.29, 1.82) is 0 Å². The molecule has 8 heteroatoms. The number of piperidine rings is 1. The van der Waals surface area contributed by atoms with Crippen molar-refractivity contribution >= 4 is 17.7 Å². The average Bonchev–Trinajstić information content (AvgIpc) is 2.84. The van der Waals surface area contributed by atoms with E-state index in [1.165, 1.54) is 31.0 Å². The first-order valence-electron chi connectivity index (χ1n) is 12.2. The van der Waals surface area contributed by atoms with Crippen LogP contribution in [0.15, 0.2) is 40.3 Å². The average molecular weight is 487 g/mol. The topological polar surface area (TPSA) is 76.5 Å². The molecule has 186 valence electrons. The van der Waals surface area contributed by atoms with E-state index < -0.39 is 0 Å². The molecule has 1 amide bonds. The molecule has 0 aliphatic carbocycles. The van der Waals surface area contributed by atoms with Crippen LogP contribution in [0.5, 0.6) is 0 Å². The lowest BCUT2D eigenvalue weighted by molar-refractivity contribution is -0.120. The number of hydrogen-bond acceptors (Lipinski definition) is 6. The van der Waals surface area contributed by atoms with Gasteiger partial charge in [0.1, 0.15) is 0 Å². The number of likely N-dealkylation sites (tertiary alicyclic amines) is 1. The molecule has 1 aliphatic rings. The van der Waals surface area contributed by atoms with Crippen molar-refractivity contribution < 1.29 is 9.53 Å². The van der Waals surface area contributed by atoms with Gasteiger partial charge in [-0.1, -0.05) is 48.5 Å². The summed E-state index contributed by atoms with van der Waals surface area (Å²) >= 11 is 1.31. The fourth-order valence-electron chi connectivity index (χ4n) is 4.35. The number of benzene rings is 1. The highest BCUT2D eigenvalue weighted by Crippen LogP contribution is 2.22. The van der Waals surface area contributed by atoms with E-state index in [9.17, 15) is 9.59 Å². The van der Waals surface area contributed by atoms with Crippen molar-refractivity contribution in [3.8, 4) is 0 Å². The van der Waals surface area contributed by atoms with Gasteiger partial charge < -0.3 is 15.0 Å². The van der Waals surface area contributed by atoms with Gasteiger partial charge in [-0.2, -0.15) is 0 Å². The predicted molar refractivity (Wildman–Crippen MR) is 137 cm³/mol. The summed E-state index contributed by atoms with van der Waals surface area (Å²) in [4.78, 5) is 33.1. The normalized spacial score (nSPS) is 17.5. The van der Waals surface area contributed by atoms with Crippen LogP contribution < -0.4 is 10.9 Å². The number of nitrogens with zero attached hydrogens (tertiary/aromatic N) is 3. The predicted octanol–water partition coefficient (Wildman–Crippen LogP) is 3.38. The molecule has 1 fully saturated rings. The molecule has 1 aromatic carbocycles. The lowest BCUT2D eigenvalue weighted by Gasteiger charge is -2.33. The molecule has 2 heterocycles. The van der Waals surface area contributed by atoms with Crippen LogP contribution in [0.2, 0.25) is 0 Å². The SMILES string of the molecule is COCc1nc(SC(C)C(=O)NCCCN2CCCCC2C)n(C)c(=O)c1Cc1ccccc1. The van der Waals surface area contributed by atoms with Crippen LogP contribution in [0.1, 0.15) is 56.4 Å². The lowest BCUT2D eigenvalue weighted by Crippen LogP contribution is -2.40. The number of carbonyl (C=O) groups excluding carboxylic acids is 1. The van der Waals surface area contributed by atoms with Crippen molar-refractivity contribution in [2.75, 3.05) is 26.7 Å². The summed E-state index contributed by atoms with van der Waals surface area (Å²) in [6.07, 6.45) is 5.29. The molecule has 2 atom stereocenters. The van der Waals surface area contributed by atoms with Gasteiger partial charge in [0.25, 0.3) is 5.56 Å². The van der Waals surface area contributed by atoms with Gasteiger partial charge in [-0.25, -0.2) is 4.98 Å². The van der Waals surface area contributed by atoms with E-state index >= 15 is 0 Å². The van der Waals surface area contributed by atoms with Gasteiger partial charge in [0.15, 0.2) is 5.16 Å². The fraction of sp³-hybridized carbons (Fsp3) is 0.577. The standard InChI is InChI=1S/C26H38N4O3S/c1-19-11-8-9-15-30(19)16-10-14-27-24(31)20(2)34-26-28-23(18-33-4)22(25(32)29(26)3)17-21-12-6-5-7-13-21/h5-7,12-13,19-20H,8-11,14-18H2,1-4H3,(H,27,31). The zero-order valence-electron chi connectivity index (χ0n) is 20.9. The molecule has 0 bridgehead atoms. The Morgan fingerprint density at radius 3 is 2.76 bits per heavy atom. The summed E-state index contributed by atoms with van der Waals surface area (Å²) < 4.78 is 6.87. The second kappa shape index (κ2) is 13.1. The van der Waals surface area contributed by atoms with Crippen LogP contribution in [0.3, 0.4) is 0 Å². The Morgan fingerprint density at radius 1 is 1.29 bits per heavy atom. The monoisotopic (exact) mass is 486 g/mol. The number of nitrogens with one attached hydrogen (secondary N) is 1. The highest BCUT2D eigenvalue weighted by atomic mass is 32.2.